The fourth-order valence-electron chi connectivity index (χ4n) is 2.03. The summed E-state index contributed by atoms with van der Waals surface area (Å²) in [5.74, 6) is 1.21. The van der Waals surface area contributed by atoms with E-state index >= 15 is 0 Å². The van der Waals surface area contributed by atoms with E-state index in [0.29, 0.717) is 11.7 Å². The summed E-state index contributed by atoms with van der Waals surface area (Å²) in [6.45, 7) is 4.71. The number of nitrogen functional groups attached to an aromatic ring is 1. The van der Waals surface area contributed by atoms with E-state index in [1.807, 2.05) is 10.7 Å². The molecule has 1 aliphatic rings. The molecule has 2 heterocycles. The summed E-state index contributed by atoms with van der Waals surface area (Å²) >= 11 is 0. The summed E-state index contributed by atoms with van der Waals surface area (Å²) in [5.41, 5.74) is 6.97. The van der Waals surface area contributed by atoms with Crippen molar-refractivity contribution in [2.75, 3.05) is 18.9 Å². The van der Waals surface area contributed by atoms with Gasteiger partial charge in [-0.05, 0) is 19.8 Å². The first-order valence-electron chi connectivity index (χ1n) is 5.22. The number of nitrogens with two attached hydrogens (primary N) is 1. The third-order valence-electron chi connectivity index (χ3n) is 2.77. The number of hydrogen-bond acceptors (Lipinski definition) is 3. The molecule has 14 heavy (non-hydrogen) atoms. The van der Waals surface area contributed by atoms with Crippen molar-refractivity contribution in [2.24, 2.45) is 0 Å². The summed E-state index contributed by atoms with van der Waals surface area (Å²) < 4.78 is 7.35. The molecule has 4 nitrogen and oxygen atoms in total. The molecule has 0 atom stereocenters. The fourth-order valence-corrected chi connectivity index (χ4v) is 2.03. The van der Waals surface area contributed by atoms with E-state index in [1.165, 1.54) is 5.69 Å². The number of aromatic nitrogens is 2. The first kappa shape index (κ1) is 9.52. The molecule has 1 aromatic heterocycles. The lowest BCUT2D eigenvalue weighted by molar-refractivity contribution is 0.0835. The van der Waals surface area contributed by atoms with Crippen LogP contribution in [0, 0.1) is 0 Å². The van der Waals surface area contributed by atoms with Crippen LogP contribution in [-0.4, -0.2) is 23.0 Å². The van der Waals surface area contributed by atoms with Crippen molar-refractivity contribution in [3.8, 4) is 0 Å². The summed E-state index contributed by atoms with van der Waals surface area (Å²) in [5, 5.41) is 4.26. The van der Waals surface area contributed by atoms with Gasteiger partial charge >= 0.3 is 0 Å². The number of anilines is 1. The minimum absolute atomic E-state index is 0.577. The van der Waals surface area contributed by atoms with E-state index in [2.05, 4.69) is 12.0 Å². The van der Waals surface area contributed by atoms with Gasteiger partial charge in [0.25, 0.3) is 0 Å². The maximum atomic E-state index is 5.70. The van der Waals surface area contributed by atoms with Crippen LogP contribution in [0.1, 0.15) is 31.4 Å². The molecule has 1 aromatic rings. The zero-order valence-electron chi connectivity index (χ0n) is 8.57. The zero-order valence-corrected chi connectivity index (χ0v) is 8.57. The third-order valence-corrected chi connectivity index (χ3v) is 2.77. The average Bonchev–Trinajstić information content (AvgIpc) is 2.61. The van der Waals surface area contributed by atoms with Gasteiger partial charge in [0.1, 0.15) is 5.82 Å². The highest BCUT2D eigenvalue weighted by molar-refractivity contribution is 5.31. The molecular formula is C10H17N3O. The second kappa shape index (κ2) is 4.00. The second-order valence-corrected chi connectivity index (χ2v) is 3.70. The quantitative estimate of drug-likeness (QED) is 0.775. The Kier molecular flexibility index (Phi) is 2.72. The second-order valence-electron chi connectivity index (χ2n) is 3.70. The Balaban J connectivity index is 2.20. The van der Waals surface area contributed by atoms with Gasteiger partial charge in [-0.1, -0.05) is 0 Å². The molecule has 0 bridgehead atoms. The van der Waals surface area contributed by atoms with E-state index in [0.717, 1.165) is 32.6 Å². The van der Waals surface area contributed by atoms with Gasteiger partial charge in [0, 0.05) is 37.4 Å². The molecule has 0 saturated carbocycles. The highest BCUT2D eigenvalue weighted by atomic mass is 16.5. The van der Waals surface area contributed by atoms with E-state index in [4.69, 9.17) is 10.5 Å². The van der Waals surface area contributed by atoms with Crippen LogP contribution in [0.25, 0.3) is 0 Å². The molecule has 0 aliphatic carbocycles. The molecule has 2 rings (SSSR count). The highest BCUT2D eigenvalue weighted by Gasteiger charge is 2.19. The zero-order chi connectivity index (χ0) is 9.97. The normalized spacial score (nSPS) is 18.6. The Morgan fingerprint density at radius 1 is 1.57 bits per heavy atom. The fraction of sp³-hybridized carbons (Fsp3) is 0.700. The Morgan fingerprint density at radius 3 is 2.93 bits per heavy atom. The molecule has 0 aromatic carbocycles. The van der Waals surface area contributed by atoms with Crippen molar-refractivity contribution in [1.82, 2.24) is 9.78 Å². The first-order valence-corrected chi connectivity index (χ1v) is 5.22. The molecule has 78 valence electrons. The van der Waals surface area contributed by atoms with Crippen molar-refractivity contribution < 1.29 is 4.74 Å². The number of ether oxygens (including phenoxy) is 1. The Hall–Kier alpha value is -1.03. The first-order chi connectivity index (χ1) is 6.81. The van der Waals surface area contributed by atoms with Crippen molar-refractivity contribution in [2.45, 2.75) is 32.2 Å². The van der Waals surface area contributed by atoms with Crippen molar-refractivity contribution in [3.63, 3.8) is 0 Å². The largest absolute Gasteiger partial charge is 0.382 e. The summed E-state index contributed by atoms with van der Waals surface area (Å²) in [6, 6.07) is 2.00. The van der Waals surface area contributed by atoms with Gasteiger partial charge in [0.05, 0.1) is 0 Å². The van der Waals surface area contributed by atoms with Crippen LogP contribution in [0.15, 0.2) is 6.07 Å². The summed E-state index contributed by atoms with van der Waals surface area (Å²) in [6.07, 6.45) is 2.18. The smallest absolute Gasteiger partial charge is 0.145 e. The lowest BCUT2D eigenvalue weighted by atomic mass is 9.96. The SMILES string of the molecule is CCn1nc(N)cc1C1CCOCC1. The van der Waals surface area contributed by atoms with Gasteiger partial charge < -0.3 is 10.5 Å². The monoisotopic (exact) mass is 195 g/mol. The minimum atomic E-state index is 0.577. The number of nitrogens with zero attached hydrogens (tertiary/aromatic N) is 2. The number of hydrogen-bond donors (Lipinski definition) is 1. The predicted octanol–water partition coefficient (Wildman–Crippen LogP) is 1.38. The Morgan fingerprint density at radius 2 is 2.29 bits per heavy atom. The van der Waals surface area contributed by atoms with E-state index in [9.17, 15) is 0 Å². The van der Waals surface area contributed by atoms with E-state index in [1.54, 1.807) is 0 Å². The predicted molar refractivity (Wildman–Crippen MR) is 55.1 cm³/mol. The van der Waals surface area contributed by atoms with Crippen LogP contribution in [-0.2, 0) is 11.3 Å². The molecule has 1 saturated heterocycles. The molecular weight excluding hydrogens is 178 g/mol. The van der Waals surface area contributed by atoms with Gasteiger partial charge in [0.2, 0.25) is 0 Å². The van der Waals surface area contributed by atoms with Gasteiger partial charge in [-0.3, -0.25) is 4.68 Å². The lowest BCUT2D eigenvalue weighted by Gasteiger charge is -2.22. The average molecular weight is 195 g/mol. The van der Waals surface area contributed by atoms with Crippen molar-refractivity contribution in [3.05, 3.63) is 11.8 Å². The minimum Gasteiger partial charge on any atom is -0.382 e. The highest BCUT2D eigenvalue weighted by Crippen LogP contribution is 2.27. The van der Waals surface area contributed by atoms with Crippen LogP contribution < -0.4 is 5.73 Å². The molecule has 4 heteroatoms. The molecule has 0 spiro atoms. The van der Waals surface area contributed by atoms with Gasteiger partial charge in [-0.15, -0.1) is 0 Å². The number of rotatable bonds is 2. The van der Waals surface area contributed by atoms with Crippen LogP contribution >= 0.6 is 0 Å². The van der Waals surface area contributed by atoms with Gasteiger partial charge in [-0.2, -0.15) is 5.10 Å². The molecule has 2 N–H and O–H groups in total. The van der Waals surface area contributed by atoms with Crippen LogP contribution in [0.2, 0.25) is 0 Å². The molecule has 0 amide bonds. The van der Waals surface area contributed by atoms with Crippen LogP contribution in [0.3, 0.4) is 0 Å². The van der Waals surface area contributed by atoms with E-state index in [-0.39, 0.29) is 0 Å². The number of aryl methyl sites for hydroxylation is 1. The molecule has 1 aliphatic heterocycles. The van der Waals surface area contributed by atoms with Crippen molar-refractivity contribution in [1.29, 1.82) is 0 Å². The standard InChI is InChI=1S/C10H17N3O/c1-2-13-9(7-10(11)12-13)8-3-5-14-6-4-8/h7-8H,2-6H2,1H3,(H2,11,12). The molecule has 0 unspecified atom stereocenters. The summed E-state index contributed by atoms with van der Waals surface area (Å²) in [7, 11) is 0. The van der Waals surface area contributed by atoms with Gasteiger partial charge in [0.15, 0.2) is 0 Å². The topological polar surface area (TPSA) is 53.1 Å². The molecule has 1 fully saturated rings. The Labute approximate surface area is 84.0 Å². The third kappa shape index (κ3) is 1.75. The molecule has 0 radical (unpaired) electrons. The van der Waals surface area contributed by atoms with Crippen molar-refractivity contribution >= 4 is 5.82 Å². The van der Waals surface area contributed by atoms with Crippen LogP contribution in [0.5, 0.6) is 0 Å². The van der Waals surface area contributed by atoms with Gasteiger partial charge in [-0.25, -0.2) is 0 Å². The Bertz CT molecular complexity index is 302. The van der Waals surface area contributed by atoms with E-state index < -0.39 is 0 Å². The lowest BCUT2D eigenvalue weighted by Crippen LogP contribution is -2.17. The maximum absolute atomic E-state index is 5.70. The van der Waals surface area contributed by atoms with Crippen LogP contribution in [0.4, 0.5) is 5.82 Å². The maximum Gasteiger partial charge on any atom is 0.145 e. The summed E-state index contributed by atoms with van der Waals surface area (Å²) in [4.78, 5) is 0.